The van der Waals surface area contributed by atoms with Crippen molar-refractivity contribution in [2.45, 2.75) is 6.92 Å². The summed E-state index contributed by atoms with van der Waals surface area (Å²) in [6.45, 7) is 3.45. The Balaban J connectivity index is 2.80. The first-order valence-electron chi connectivity index (χ1n) is 5.40. The zero-order valence-electron chi connectivity index (χ0n) is 10.0. The Morgan fingerprint density at radius 2 is 1.88 bits per heavy atom. The number of sulfonamides is 1. The number of aliphatic hydroxyl groups is 1. The van der Waals surface area contributed by atoms with Gasteiger partial charge in [-0.25, -0.2) is 8.42 Å². The van der Waals surface area contributed by atoms with Gasteiger partial charge in [0, 0.05) is 24.5 Å². The van der Waals surface area contributed by atoms with E-state index in [0.29, 0.717) is 12.2 Å². The largest absolute Gasteiger partial charge is 0.395 e. The third kappa shape index (κ3) is 4.62. The molecular weight excluding hydrogens is 240 g/mol. The highest BCUT2D eigenvalue weighted by molar-refractivity contribution is 7.92. The molecule has 0 saturated heterocycles. The van der Waals surface area contributed by atoms with Gasteiger partial charge < -0.3 is 10.0 Å². The maximum atomic E-state index is 11.0. The van der Waals surface area contributed by atoms with E-state index >= 15 is 0 Å². The van der Waals surface area contributed by atoms with Crippen LogP contribution in [-0.4, -0.2) is 39.5 Å². The van der Waals surface area contributed by atoms with Crippen molar-refractivity contribution in [3.05, 3.63) is 24.3 Å². The second-order valence-electron chi connectivity index (χ2n) is 3.72. The molecule has 6 heteroatoms. The van der Waals surface area contributed by atoms with Crippen molar-refractivity contribution < 1.29 is 13.5 Å². The summed E-state index contributed by atoms with van der Waals surface area (Å²) in [5, 5.41) is 8.90. The molecule has 5 nitrogen and oxygen atoms in total. The highest BCUT2D eigenvalue weighted by Crippen LogP contribution is 2.18. The third-order valence-electron chi connectivity index (χ3n) is 2.29. The maximum absolute atomic E-state index is 11.0. The molecule has 0 aliphatic carbocycles. The smallest absolute Gasteiger partial charge is 0.229 e. The number of hydrogen-bond donors (Lipinski definition) is 2. The number of rotatable bonds is 6. The lowest BCUT2D eigenvalue weighted by molar-refractivity contribution is 0.302. The first-order chi connectivity index (χ1) is 7.96. The first-order valence-corrected chi connectivity index (χ1v) is 7.29. The molecule has 0 radical (unpaired) electrons. The van der Waals surface area contributed by atoms with Gasteiger partial charge in [0.25, 0.3) is 0 Å². The van der Waals surface area contributed by atoms with Crippen LogP contribution in [0.2, 0.25) is 0 Å². The first kappa shape index (κ1) is 13.8. The van der Waals surface area contributed by atoms with Crippen molar-refractivity contribution >= 4 is 21.4 Å². The lowest BCUT2D eigenvalue weighted by atomic mass is 10.2. The molecule has 0 spiro atoms. The Morgan fingerprint density at radius 3 is 2.29 bits per heavy atom. The van der Waals surface area contributed by atoms with E-state index in [4.69, 9.17) is 5.11 Å². The second kappa shape index (κ2) is 5.88. The van der Waals surface area contributed by atoms with Gasteiger partial charge in [-0.15, -0.1) is 0 Å². The van der Waals surface area contributed by atoms with Gasteiger partial charge in [0.15, 0.2) is 0 Å². The molecule has 0 atom stereocenters. The van der Waals surface area contributed by atoms with Crippen molar-refractivity contribution in [1.82, 2.24) is 0 Å². The standard InChI is InChI=1S/C11H18N2O3S/c1-3-13(8-9-14)11-6-4-10(5-7-11)12-17(2,15)16/h4-7,12,14H,3,8-9H2,1-2H3. The molecule has 1 rings (SSSR count). The Hall–Kier alpha value is -1.27. The van der Waals surface area contributed by atoms with Crippen LogP contribution in [0.25, 0.3) is 0 Å². The summed E-state index contributed by atoms with van der Waals surface area (Å²) >= 11 is 0. The number of anilines is 2. The number of nitrogens with one attached hydrogen (secondary N) is 1. The summed E-state index contributed by atoms with van der Waals surface area (Å²) in [6.07, 6.45) is 1.12. The minimum Gasteiger partial charge on any atom is -0.395 e. The van der Waals surface area contributed by atoms with E-state index in [1.165, 1.54) is 0 Å². The average Bonchev–Trinajstić information content (AvgIpc) is 2.25. The summed E-state index contributed by atoms with van der Waals surface area (Å²) in [7, 11) is -3.23. The Morgan fingerprint density at radius 1 is 1.29 bits per heavy atom. The summed E-state index contributed by atoms with van der Waals surface area (Å²) < 4.78 is 24.4. The number of hydrogen-bond acceptors (Lipinski definition) is 4. The molecule has 0 heterocycles. The molecule has 0 unspecified atom stereocenters. The highest BCUT2D eigenvalue weighted by atomic mass is 32.2. The third-order valence-corrected chi connectivity index (χ3v) is 2.89. The van der Waals surface area contributed by atoms with Crippen LogP contribution in [0, 0.1) is 0 Å². The van der Waals surface area contributed by atoms with Crippen LogP contribution in [0.1, 0.15) is 6.92 Å². The van der Waals surface area contributed by atoms with Gasteiger partial charge in [-0.1, -0.05) is 0 Å². The van der Waals surface area contributed by atoms with Crippen LogP contribution in [0.3, 0.4) is 0 Å². The van der Waals surface area contributed by atoms with Gasteiger partial charge in [0.2, 0.25) is 10.0 Å². The average molecular weight is 258 g/mol. The van der Waals surface area contributed by atoms with E-state index in [-0.39, 0.29) is 6.61 Å². The summed E-state index contributed by atoms with van der Waals surface area (Å²) in [4.78, 5) is 2.00. The van der Waals surface area contributed by atoms with Gasteiger partial charge >= 0.3 is 0 Å². The summed E-state index contributed by atoms with van der Waals surface area (Å²) in [5.74, 6) is 0. The topological polar surface area (TPSA) is 69.6 Å². The van der Waals surface area contributed by atoms with E-state index in [9.17, 15) is 8.42 Å². The molecule has 1 aromatic rings. The van der Waals surface area contributed by atoms with E-state index in [1.54, 1.807) is 12.1 Å². The van der Waals surface area contributed by atoms with Gasteiger partial charge in [0.1, 0.15) is 0 Å². The predicted octanol–water partition coefficient (Wildman–Crippen LogP) is 0.877. The molecule has 0 fully saturated rings. The van der Waals surface area contributed by atoms with E-state index < -0.39 is 10.0 Å². The zero-order chi connectivity index (χ0) is 12.9. The SMILES string of the molecule is CCN(CCO)c1ccc(NS(C)(=O)=O)cc1. The number of likely N-dealkylation sites (N-methyl/N-ethyl adjacent to an activating group) is 1. The molecular formula is C11H18N2O3S. The van der Waals surface area contributed by atoms with Crippen LogP contribution in [0.5, 0.6) is 0 Å². The lowest BCUT2D eigenvalue weighted by Crippen LogP contribution is -2.26. The van der Waals surface area contributed by atoms with Crippen LogP contribution in [0.15, 0.2) is 24.3 Å². The van der Waals surface area contributed by atoms with Gasteiger partial charge in [-0.2, -0.15) is 0 Å². The minimum absolute atomic E-state index is 0.0944. The molecule has 0 aromatic heterocycles. The summed E-state index contributed by atoms with van der Waals surface area (Å²) in [6, 6.07) is 7.06. The second-order valence-corrected chi connectivity index (χ2v) is 5.47. The Bertz CT molecular complexity index is 442. The predicted molar refractivity (Wildman–Crippen MR) is 69.9 cm³/mol. The number of aliphatic hydroxyl groups excluding tert-OH is 1. The van der Waals surface area contributed by atoms with E-state index in [1.807, 2.05) is 24.0 Å². The number of benzene rings is 1. The molecule has 2 N–H and O–H groups in total. The fraction of sp³-hybridized carbons (Fsp3) is 0.455. The Kier molecular flexibility index (Phi) is 4.77. The van der Waals surface area contributed by atoms with Gasteiger partial charge in [-0.3, -0.25) is 4.72 Å². The highest BCUT2D eigenvalue weighted by Gasteiger charge is 2.05. The van der Waals surface area contributed by atoms with Crippen molar-refractivity contribution in [3.8, 4) is 0 Å². The molecule has 0 amide bonds. The molecule has 17 heavy (non-hydrogen) atoms. The van der Waals surface area contributed by atoms with Crippen molar-refractivity contribution in [1.29, 1.82) is 0 Å². The minimum atomic E-state index is -3.23. The quantitative estimate of drug-likeness (QED) is 0.794. The van der Waals surface area contributed by atoms with Crippen LogP contribution < -0.4 is 9.62 Å². The molecule has 0 bridgehead atoms. The molecule has 96 valence electrons. The van der Waals surface area contributed by atoms with Crippen LogP contribution in [-0.2, 0) is 10.0 Å². The van der Waals surface area contributed by atoms with Crippen LogP contribution in [0.4, 0.5) is 11.4 Å². The molecule has 0 aliphatic rings. The zero-order valence-corrected chi connectivity index (χ0v) is 10.9. The lowest BCUT2D eigenvalue weighted by Gasteiger charge is -2.22. The van der Waals surface area contributed by atoms with Gasteiger partial charge in [0.05, 0.1) is 12.9 Å². The molecule has 1 aromatic carbocycles. The monoisotopic (exact) mass is 258 g/mol. The fourth-order valence-electron chi connectivity index (χ4n) is 1.54. The van der Waals surface area contributed by atoms with E-state index in [0.717, 1.165) is 18.5 Å². The van der Waals surface area contributed by atoms with Crippen molar-refractivity contribution in [2.75, 3.05) is 35.6 Å². The maximum Gasteiger partial charge on any atom is 0.229 e. The van der Waals surface area contributed by atoms with Crippen molar-refractivity contribution in [2.24, 2.45) is 0 Å². The fourth-order valence-corrected chi connectivity index (χ4v) is 2.11. The Labute approximate surface area is 102 Å². The molecule has 0 aliphatic heterocycles. The normalized spacial score (nSPS) is 11.2. The molecule has 0 saturated carbocycles. The number of nitrogens with zero attached hydrogens (tertiary/aromatic N) is 1. The van der Waals surface area contributed by atoms with Crippen molar-refractivity contribution in [3.63, 3.8) is 0 Å². The van der Waals surface area contributed by atoms with E-state index in [2.05, 4.69) is 4.72 Å². The van der Waals surface area contributed by atoms with Crippen LogP contribution >= 0.6 is 0 Å². The van der Waals surface area contributed by atoms with Gasteiger partial charge in [-0.05, 0) is 31.2 Å². The summed E-state index contributed by atoms with van der Waals surface area (Å²) in [5.41, 5.74) is 1.50.